The normalized spacial score (nSPS) is 11.8. The molecule has 218 valence electrons. The molecule has 15 heteroatoms. The molecule has 0 fully saturated rings. The minimum Gasteiger partial charge on any atom is -0.507 e. The molecule has 0 aliphatic rings. The molecule has 3 rings (SSSR count). The second kappa shape index (κ2) is 13.9. The average molecular weight is 581 g/mol. The van der Waals surface area contributed by atoms with Gasteiger partial charge in [-0.05, 0) is 29.8 Å². The molecule has 0 aromatic heterocycles. The number of aromatic hydroxyl groups is 1. The fourth-order valence-corrected chi connectivity index (χ4v) is 3.63. The van der Waals surface area contributed by atoms with E-state index >= 15 is 0 Å². The van der Waals surface area contributed by atoms with Gasteiger partial charge in [-0.1, -0.05) is 30.3 Å². The highest BCUT2D eigenvalue weighted by molar-refractivity contribution is 5.96. The van der Waals surface area contributed by atoms with E-state index in [-0.39, 0.29) is 23.5 Å². The summed E-state index contributed by atoms with van der Waals surface area (Å²) in [5, 5.41) is 46.0. The summed E-state index contributed by atoms with van der Waals surface area (Å²) in [5.41, 5.74) is 0.0461. The van der Waals surface area contributed by atoms with E-state index < -0.39 is 64.6 Å². The quantitative estimate of drug-likeness (QED) is 0.0786. The van der Waals surface area contributed by atoms with E-state index in [2.05, 4.69) is 16.0 Å². The molecule has 2 atom stereocenters. The third kappa shape index (κ3) is 8.77. The Balaban J connectivity index is 1.77. The number of nitrogens with one attached hydrogen (secondary N) is 3. The van der Waals surface area contributed by atoms with Gasteiger partial charge in [-0.2, -0.15) is 0 Å². The first-order valence-corrected chi connectivity index (χ1v) is 12.1. The van der Waals surface area contributed by atoms with Crippen molar-refractivity contribution in [1.29, 1.82) is 0 Å². The fourth-order valence-electron chi connectivity index (χ4n) is 3.63. The third-order valence-corrected chi connectivity index (χ3v) is 5.64. The summed E-state index contributed by atoms with van der Waals surface area (Å²) in [6.07, 6.45) is -0.976. The number of nitrogens with zero attached hydrogens (tertiary/aromatic N) is 1. The van der Waals surface area contributed by atoms with Crippen molar-refractivity contribution < 1.29 is 49.0 Å². The number of rotatable bonds is 12. The summed E-state index contributed by atoms with van der Waals surface area (Å²) in [7, 11) is 0. The molecule has 0 saturated carbocycles. The summed E-state index contributed by atoms with van der Waals surface area (Å²) in [5.74, 6) is -5.81. The number of carbonyl (C=O) groups is 5. The zero-order valence-corrected chi connectivity index (χ0v) is 21.6. The maximum Gasteiger partial charge on any atom is 0.339 e. The Morgan fingerprint density at radius 2 is 1.55 bits per heavy atom. The van der Waals surface area contributed by atoms with E-state index in [0.29, 0.717) is 5.56 Å². The number of urea groups is 1. The minimum atomic E-state index is -1.66. The Morgan fingerprint density at radius 1 is 0.881 bits per heavy atom. The second-order valence-electron chi connectivity index (χ2n) is 8.71. The smallest absolute Gasteiger partial charge is 0.339 e. The van der Waals surface area contributed by atoms with E-state index in [0.717, 1.165) is 30.3 Å². The molecule has 6 N–H and O–H groups in total. The van der Waals surface area contributed by atoms with Crippen molar-refractivity contribution >= 4 is 41.2 Å². The van der Waals surface area contributed by atoms with Gasteiger partial charge in [-0.3, -0.25) is 19.7 Å². The van der Waals surface area contributed by atoms with Crippen molar-refractivity contribution in [2.45, 2.75) is 24.9 Å². The number of carboxylic acid groups (broad SMARTS) is 2. The lowest BCUT2D eigenvalue weighted by Crippen LogP contribution is -2.54. The van der Waals surface area contributed by atoms with Crippen LogP contribution in [0.4, 0.5) is 16.2 Å². The summed E-state index contributed by atoms with van der Waals surface area (Å²) in [4.78, 5) is 71.4. The molecular weight excluding hydrogens is 556 g/mol. The van der Waals surface area contributed by atoms with Crippen LogP contribution in [0.3, 0.4) is 0 Å². The van der Waals surface area contributed by atoms with Crippen LogP contribution in [-0.2, 0) is 20.8 Å². The lowest BCUT2D eigenvalue weighted by atomic mass is 10.0. The molecule has 15 nitrogen and oxygen atoms in total. The average Bonchev–Trinajstić information content (AvgIpc) is 2.92. The monoisotopic (exact) mass is 580 g/mol. The molecule has 0 aliphatic carbocycles. The van der Waals surface area contributed by atoms with Crippen LogP contribution in [0, 0.1) is 10.1 Å². The highest BCUT2D eigenvalue weighted by atomic mass is 16.6. The van der Waals surface area contributed by atoms with Crippen molar-refractivity contribution in [2.75, 3.05) is 5.32 Å². The molecule has 3 aromatic carbocycles. The molecule has 0 unspecified atom stereocenters. The largest absolute Gasteiger partial charge is 0.507 e. The maximum absolute atomic E-state index is 13.1. The maximum atomic E-state index is 13.1. The molecule has 0 spiro atoms. The van der Waals surface area contributed by atoms with Gasteiger partial charge in [0.2, 0.25) is 5.91 Å². The standard InChI is InChI=1S/C27H24N4O11/c32-22-13-18(10-11-19(22)25(36)37)42-26(38)21(12-15-4-2-1-3-5-15)29-24(35)20(14-23(33)34)30-27(39)28-16-6-8-17(9-7-16)31(40)41/h1-11,13,20-21,32H,12,14H2,(H,29,35)(H,33,34)(H,36,37)(H2,28,30,39)/t20-,21-/m0/s1. The van der Waals surface area contributed by atoms with Crippen molar-refractivity contribution in [2.24, 2.45) is 0 Å². The number of non-ortho nitro benzene ring substituents is 1. The number of carbonyl (C=O) groups excluding carboxylic acids is 3. The summed E-state index contributed by atoms with van der Waals surface area (Å²) in [6.45, 7) is 0. The van der Waals surface area contributed by atoms with Gasteiger partial charge in [0, 0.05) is 30.3 Å². The third-order valence-electron chi connectivity index (χ3n) is 5.64. The highest BCUT2D eigenvalue weighted by Crippen LogP contribution is 2.24. The number of carboxylic acids is 2. The molecule has 3 amide bonds. The Morgan fingerprint density at radius 3 is 2.12 bits per heavy atom. The fraction of sp³-hybridized carbons (Fsp3) is 0.148. The molecule has 0 aliphatic heterocycles. The number of anilines is 1. The zero-order chi connectivity index (χ0) is 30.8. The summed E-state index contributed by atoms with van der Waals surface area (Å²) >= 11 is 0. The number of benzene rings is 3. The van der Waals surface area contributed by atoms with Crippen LogP contribution >= 0.6 is 0 Å². The van der Waals surface area contributed by atoms with Gasteiger partial charge < -0.3 is 36.0 Å². The van der Waals surface area contributed by atoms with Crippen LogP contribution in [0.25, 0.3) is 0 Å². The Kier molecular flexibility index (Phi) is 10.1. The van der Waals surface area contributed by atoms with Crippen molar-refractivity contribution in [3.05, 3.63) is 94.0 Å². The van der Waals surface area contributed by atoms with Gasteiger partial charge in [0.25, 0.3) is 5.69 Å². The minimum absolute atomic E-state index is 0.112. The molecule has 0 saturated heterocycles. The van der Waals surface area contributed by atoms with Crippen molar-refractivity contribution in [3.8, 4) is 11.5 Å². The number of hydrogen-bond donors (Lipinski definition) is 6. The van der Waals surface area contributed by atoms with Gasteiger partial charge in [-0.15, -0.1) is 0 Å². The molecule has 0 bridgehead atoms. The van der Waals surface area contributed by atoms with E-state index in [1.807, 2.05) is 0 Å². The highest BCUT2D eigenvalue weighted by Gasteiger charge is 2.30. The molecular formula is C27H24N4O11. The summed E-state index contributed by atoms with van der Waals surface area (Å²) < 4.78 is 5.24. The number of ether oxygens (including phenoxy) is 1. The summed E-state index contributed by atoms with van der Waals surface area (Å²) in [6, 6.07) is 12.1. The van der Waals surface area contributed by atoms with E-state index in [9.17, 15) is 44.3 Å². The molecule has 42 heavy (non-hydrogen) atoms. The van der Waals surface area contributed by atoms with E-state index in [4.69, 9.17) is 9.84 Å². The second-order valence-corrected chi connectivity index (χ2v) is 8.71. The predicted octanol–water partition coefficient (Wildman–Crippen LogP) is 2.30. The SMILES string of the molecule is O=C(O)C[C@H](NC(=O)Nc1ccc([N+](=O)[O-])cc1)C(=O)N[C@@H](Cc1ccccc1)C(=O)Oc1ccc(C(=O)O)c(O)c1. The number of nitro groups is 1. The van der Waals surface area contributed by atoms with Crippen LogP contribution in [-0.4, -0.2) is 62.2 Å². The lowest BCUT2D eigenvalue weighted by Gasteiger charge is -2.22. The van der Waals surface area contributed by atoms with Crippen LogP contribution in [0.15, 0.2) is 72.8 Å². The van der Waals surface area contributed by atoms with Crippen molar-refractivity contribution in [1.82, 2.24) is 10.6 Å². The topological polar surface area (TPSA) is 234 Å². The van der Waals surface area contributed by atoms with Gasteiger partial charge in [-0.25, -0.2) is 14.4 Å². The van der Waals surface area contributed by atoms with Crippen LogP contribution in [0.5, 0.6) is 11.5 Å². The first kappa shape index (κ1) is 30.6. The number of nitro benzene ring substituents is 1. The van der Waals surface area contributed by atoms with E-state index in [1.54, 1.807) is 30.3 Å². The number of aromatic carboxylic acids is 1. The Bertz CT molecular complexity index is 1490. The van der Waals surface area contributed by atoms with Crippen LogP contribution < -0.4 is 20.7 Å². The predicted molar refractivity (Wildman–Crippen MR) is 144 cm³/mol. The number of esters is 1. The van der Waals surface area contributed by atoms with Crippen molar-refractivity contribution in [3.63, 3.8) is 0 Å². The zero-order valence-electron chi connectivity index (χ0n) is 21.6. The van der Waals surface area contributed by atoms with Crippen LogP contribution in [0.1, 0.15) is 22.3 Å². The van der Waals surface area contributed by atoms with E-state index in [1.165, 1.54) is 12.1 Å². The Labute approximate surface area is 236 Å². The number of amides is 3. The van der Waals surface area contributed by atoms with Crippen LogP contribution in [0.2, 0.25) is 0 Å². The molecule has 3 aromatic rings. The number of aliphatic carboxylic acids is 1. The first-order chi connectivity index (χ1) is 19.9. The molecule has 0 radical (unpaired) electrons. The van der Waals surface area contributed by atoms with Gasteiger partial charge in [0.1, 0.15) is 29.1 Å². The number of hydrogen-bond acceptors (Lipinski definition) is 9. The van der Waals surface area contributed by atoms with Gasteiger partial charge >= 0.3 is 23.9 Å². The number of phenols is 1. The first-order valence-electron chi connectivity index (χ1n) is 12.1. The Hall–Kier alpha value is -5.99. The molecule has 0 heterocycles. The van der Waals surface area contributed by atoms with Gasteiger partial charge in [0.15, 0.2) is 0 Å². The lowest BCUT2D eigenvalue weighted by molar-refractivity contribution is -0.384. The van der Waals surface area contributed by atoms with Gasteiger partial charge in [0.05, 0.1) is 11.3 Å².